The zero-order valence-electron chi connectivity index (χ0n) is 11.8. The van der Waals surface area contributed by atoms with Crippen LogP contribution >= 0.6 is 22.7 Å². The number of ether oxygens (including phenoxy) is 1. The Morgan fingerprint density at radius 3 is 3.23 bits per heavy atom. The van der Waals surface area contributed by atoms with Crippen molar-refractivity contribution in [2.24, 2.45) is 0 Å². The van der Waals surface area contributed by atoms with Crippen LogP contribution in [0.25, 0.3) is 15.5 Å². The second kappa shape index (κ2) is 5.83. The van der Waals surface area contributed by atoms with Crippen LogP contribution in [0.2, 0.25) is 0 Å². The van der Waals surface area contributed by atoms with Gasteiger partial charge in [0.1, 0.15) is 11.4 Å². The van der Waals surface area contributed by atoms with E-state index in [1.165, 1.54) is 11.3 Å². The number of nitrogens with one attached hydrogen (secondary N) is 1. The SMILES string of the molecule is O=C(NCC1CCCO1)c1csc2nc(-c3cccs3)cn12. The Balaban J connectivity index is 1.54. The number of imidazole rings is 1. The molecule has 4 rings (SSSR count). The molecule has 0 radical (unpaired) electrons. The minimum Gasteiger partial charge on any atom is -0.376 e. The Kier molecular flexibility index (Phi) is 3.69. The molecule has 1 aliphatic heterocycles. The fourth-order valence-electron chi connectivity index (χ4n) is 2.59. The minimum absolute atomic E-state index is 0.0723. The smallest absolute Gasteiger partial charge is 0.269 e. The van der Waals surface area contributed by atoms with Gasteiger partial charge in [-0.05, 0) is 24.3 Å². The maximum absolute atomic E-state index is 12.4. The van der Waals surface area contributed by atoms with Crippen molar-refractivity contribution in [2.75, 3.05) is 13.2 Å². The molecule has 5 nitrogen and oxygen atoms in total. The molecule has 1 amide bonds. The molecule has 114 valence electrons. The number of hydrogen-bond acceptors (Lipinski definition) is 5. The first kappa shape index (κ1) is 13.9. The quantitative estimate of drug-likeness (QED) is 0.798. The molecule has 1 fully saturated rings. The molecule has 3 aromatic heterocycles. The third-order valence-corrected chi connectivity index (χ3v) is 5.46. The third-order valence-electron chi connectivity index (χ3n) is 3.73. The first-order valence-corrected chi connectivity index (χ1v) is 8.97. The maximum Gasteiger partial charge on any atom is 0.269 e. The van der Waals surface area contributed by atoms with Gasteiger partial charge in [0.05, 0.1) is 11.0 Å². The fraction of sp³-hybridized carbons (Fsp3) is 0.333. The van der Waals surface area contributed by atoms with E-state index in [1.807, 2.05) is 33.5 Å². The molecule has 1 N–H and O–H groups in total. The number of fused-ring (bicyclic) bond motifs is 1. The standard InChI is InChI=1S/C15H15N3O2S2/c19-14(16-7-10-3-1-5-20-10)12-9-22-15-17-11(8-18(12)15)13-4-2-6-21-13/h2,4,6,8-10H,1,3,5,7H2,(H,16,19). The highest BCUT2D eigenvalue weighted by Gasteiger charge is 2.19. The third kappa shape index (κ3) is 2.55. The summed E-state index contributed by atoms with van der Waals surface area (Å²) in [7, 11) is 0. The van der Waals surface area contributed by atoms with E-state index in [-0.39, 0.29) is 12.0 Å². The highest BCUT2D eigenvalue weighted by molar-refractivity contribution is 7.15. The van der Waals surface area contributed by atoms with Crippen LogP contribution in [0, 0.1) is 0 Å². The summed E-state index contributed by atoms with van der Waals surface area (Å²) >= 11 is 3.13. The molecule has 7 heteroatoms. The average molecular weight is 333 g/mol. The number of amides is 1. The van der Waals surface area contributed by atoms with Crippen LogP contribution in [0.3, 0.4) is 0 Å². The molecule has 4 heterocycles. The van der Waals surface area contributed by atoms with Crippen molar-refractivity contribution in [3.05, 3.63) is 34.8 Å². The molecule has 22 heavy (non-hydrogen) atoms. The lowest BCUT2D eigenvalue weighted by Crippen LogP contribution is -2.32. The lowest BCUT2D eigenvalue weighted by Gasteiger charge is -2.10. The Bertz CT molecular complexity index is 785. The van der Waals surface area contributed by atoms with Crippen molar-refractivity contribution in [1.82, 2.24) is 14.7 Å². The fourth-order valence-corrected chi connectivity index (χ4v) is 4.13. The summed E-state index contributed by atoms with van der Waals surface area (Å²) in [6.07, 6.45) is 4.18. The first-order chi connectivity index (χ1) is 10.8. The normalized spacial score (nSPS) is 18.1. The number of hydrogen-bond donors (Lipinski definition) is 1. The van der Waals surface area contributed by atoms with E-state index < -0.39 is 0 Å². The van der Waals surface area contributed by atoms with E-state index in [0.717, 1.165) is 35.0 Å². The summed E-state index contributed by atoms with van der Waals surface area (Å²) in [5.74, 6) is -0.0723. The van der Waals surface area contributed by atoms with E-state index in [2.05, 4.69) is 10.3 Å². The van der Waals surface area contributed by atoms with Gasteiger partial charge in [-0.2, -0.15) is 0 Å². The number of thiazole rings is 1. The highest BCUT2D eigenvalue weighted by Crippen LogP contribution is 2.26. The number of thiophene rings is 1. The van der Waals surface area contributed by atoms with Gasteiger partial charge in [0.25, 0.3) is 5.91 Å². The average Bonchev–Trinajstić information content (AvgIpc) is 3.27. The number of carbonyl (C=O) groups is 1. The highest BCUT2D eigenvalue weighted by atomic mass is 32.1. The summed E-state index contributed by atoms with van der Waals surface area (Å²) in [5.41, 5.74) is 1.54. The largest absolute Gasteiger partial charge is 0.376 e. The van der Waals surface area contributed by atoms with Gasteiger partial charge < -0.3 is 10.1 Å². The van der Waals surface area contributed by atoms with Crippen molar-refractivity contribution in [2.45, 2.75) is 18.9 Å². The van der Waals surface area contributed by atoms with Gasteiger partial charge in [0, 0.05) is 24.7 Å². The lowest BCUT2D eigenvalue weighted by molar-refractivity contribution is 0.0853. The Morgan fingerprint density at radius 2 is 2.45 bits per heavy atom. The lowest BCUT2D eigenvalue weighted by atomic mass is 10.2. The predicted octanol–water partition coefficient (Wildman–Crippen LogP) is 3.03. The van der Waals surface area contributed by atoms with Gasteiger partial charge in [0.2, 0.25) is 0 Å². The topological polar surface area (TPSA) is 55.6 Å². The van der Waals surface area contributed by atoms with E-state index in [0.29, 0.717) is 12.2 Å². The summed E-state index contributed by atoms with van der Waals surface area (Å²) in [5, 5.41) is 6.84. The van der Waals surface area contributed by atoms with Crippen LogP contribution in [0.15, 0.2) is 29.1 Å². The molecule has 0 saturated carbocycles. The minimum atomic E-state index is -0.0723. The molecule has 1 aliphatic rings. The maximum atomic E-state index is 12.4. The van der Waals surface area contributed by atoms with Crippen LogP contribution in [0.1, 0.15) is 23.3 Å². The summed E-state index contributed by atoms with van der Waals surface area (Å²) in [6, 6.07) is 4.04. The summed E-state index contributed by atoms with van der Waals surface area (Å²) in [6.45, 7) is 1.37. The summed E-state index contributed by atoms with van der Waals surface area (Å²) in [4.78, 5) is 18.9. The van der Waals surface area contributed by atoms with Crippen molar-refractivity contribution in [1.29, 1.82) is 0 Å². The molecule has 0 spiro atoms. The van der Waals surface area contributed by atoms with Gasteiger partial charge >= 0.3 is 0 Å². The molecule has 1 atom stereocenters. The molecule has 0 aliphatic carbocycles. The van der Waals surface area contributed by atoms with Gasteiger partial charge in [-0.3, -0.25) is 9.20 Å². The van der Waals surface area contributed by atoms with Crippen LogP contribution in [-0.4, -0.2) is 34.5 Å². The number of carbonyl (C=O) groups excluding carboxylic acids is 1. The molecule has 1 saturated heterocycles. The van der Waals surface area contributed by atoms with Crippen molar-refractivity contribution in [3.8, 4) is 10.6 Å². The number of aromatic nitrogens is 2. The monoisotopic (exact) mass is 333 g/mol. The second-order valence-corrected chi connectivity index (χ2v) is 7.01. The Hall–Kier alpha value is -1.70. The van der Waals surface area contributed by atoms with Crippen molar-refractivity contribution >= 4 is 33.5 Å². The molecule has 0 bridgehead atoms. The summed E-state index contributed by atoms with van der Waals surface area (Å²) < 4.78 is 7.40. The zero-order chi connectivity index (χ0) is 14.9. The number of rotatable bonds is 4. The molecule has 0 aromatic carbocycles. The van der Waals surface area contributed by atoms with Gasteiger partial charge in [0.15, 0.2) is 4.96 Å². The molecule has 3 aromatic rings. The first-order valence-electron chi connectivity index (χ1n) is 7.21. The zero-order valence-corrected chi connectivity index (χ0v) is 13.5. The second-order valence-electron chi connectivity index (χ2n) is 5.22. The molecular formula is C15H15N3O2S2. The van der Waals surface area contributed by atoms with Crippen LogP contribution in [0.4, 0.5) is 0 Å². The molecular weight excluding hydrogens is 318 g/mol. The van der Waals surface area contributed by atoms with E-state index in [4.69, 9.17) is 4.74 Å². The van der Waals surface area contributed by atoms with Crippen LogP contribution in [-0.2, 0) is 4.74 Å². The Labute approximate surface area is 135 Å². The van der Waals surface area contributed by atoms with Gasteiger partial charge in [-0.15, -0.1) is 22.7 Å². The van der Waals surface area contributed by atoms with Crippen molar-refractivity contribution < 1.29 is 9.53 Å². The van der Waals surface area contributed by atoms with E-state index >= 15 is 0 Å². The number of nitrogens with zero attached hydrogens (tertiary/aromatic N) is 2. The van der Waals surface area contributed by atoms with Crippen LogP contribution < -0.4 is 5.32 Å². The predicted molar refractivity (Wildman–Crippen MR) is 87.7 cm³/mol. The van der Waals surface area contributed by atoms with Gasteiger partial charge in [-0.25, -0.2) is 4.98 Å². The Morgan fingerprint density at radius 1 is 1.50 bits per heavy atom. The van der Waals surface area contributed by atoms with Gasteiger partial charge in [-0.1, -0.05) is 6.07 Å². The van der Waals surface area contributed by atoms with E-state index in [9.17, 15) is 4.79 Å². The van der Waals surface area contributed by atoms with E-state index in [1.54, 1.807) is 11.3 Å². The molecule has 1 unspecified atom stereocenters. The van der Waals surface area contributed by atoms with Crippen LogP contribution in [0.5, 0.6) is 0 Å². The van der Waals surface area contributed by atoms with Crippen molar-refractivity contribution in [3.63, 3.8) is 0 Å².